The summed E-state index contributed by atoms with van der Waals surface area (Å²) in [6, 6.07) is 0. The van der Waals surface area contributed by atoms with Gasteiger partial charge in [-0.3, -0.25) is 14.1 Å². The number of alkyl halides is 23. The molecule has 7 nitrogen and oxygen atoms in total. The van der Waals surface area contributed by atoms with Crippen LogP contribution in [0.2, 0.25) is 0 Å². The second-order valence-corrected chi connectivity index (χ2v) is 11.6. The fourth-order valence-corrected chi connectivity index (χ4v) is 3.81. The van der Waals surface area contributed by atoms with Crippen molar-refractivity contribution in [1.82, 2.24) is 0 Å². The molecule has 2 unspecified atom stereocenters. The summed E-state index contributed by atoms with van der Waals surface area (Å²) in [4.78, 5) is 23.4. The zero-order valence-corrected chi connectivity index (χ0v) is 24.9. The van der Waals surface area contributed by atoms with Crippen molar-refractivity contribution in [2.24, 2.45) is 0 Å². The van der Waals surface area contributed by atoms with Gasteiger partial charge < -0.3 is 9.47 Å². The van der Waals surface area contributed by atoms with Gasteiger partial charge in [0.05, 0.1) is 6.42 Å². The standard InChI is InChI=1S/C21H15F23O7S/c1-6(2)14(30,10(22)23)18(37,38)20(41,42)16(33,34)13(28,29)5-51-9(46)7(52(47,48)49)3-8(45)50-4-12(26,27)17(35,36)21(43,44)19(39,40)15(31,32)11(24)25/h7,10-11H,1,3-5H2,2H3,(H,47,48,49). The van der Waals surface area contributed by atoms with Crippen LogP contribution in [0.15, 0.2) is 12.2 Å². The minimum absolute atomic E-state index is 0.215. The Morgan fingerprint density at radius 1 is 0.596 bits per heavy atom. The van der Waals surface area contributed by atoms with Gasteiger partial charge >= 0.3 is 71.7 Å². The van der Waals surface area contributed by atoms with Crippen LogP contribution in [0.5, 0.6) is 0 Å². The van der Waals surface area contributed by atoms with Crippen molar-refractivity contribution < 1.29 is 133 Å². The average molecular weight is 848 g/mol. The Kier molecular flexibility index (Phi) is 13.5. The van der Waals surface area contributed by atoms with Gasteiger partial charge in [-0.25, -0.2) is 22.0 Å². The SMILES string of the molecule is C=C(C)C(F)(C(F)F)C(F)(F)C(F)(F)C(F)(F)C(F)(F)COC(=O)C(CC(=O)OCC(F)(F)C(F)(F)C(F)(F)C(F)(F)C(F)(F)C(F)F)S(=O)(=O)O. The van der Waals surface area contributed by atoms with E-state index in [2.05, 4.69) is 16.1 Å². The molecule has 308 valence electrons. The van der Waals surface area contributed by atoms with Crippen molar-refractivity contribution in [2.75, 3.05) is 13.2 Å². The van der Waals surface area contributed by atoms with Crippen LogP contribution in [-0.4, -0.2) is 115 Å². The number of rotatable bonds is 19. The Bertz CT molecular complexity index is 1450. The average Bonchev–Trinajstić information content (AvgIpc) is 2.95. The molecule has 0 aromatic rings. The molecule has 0 aromatic carbocycles. The largest absolute Gasteiger partial charge is 0.459 e. The predicted octanol–water partition coefficient (Wildman–Crippen LogP) is 7.25. The third-order valence-electron chi connectivity index (χ3n) is 6.35. The minimum Gasteiger partial charge on any atom is -0.459 e. The van der Waals surface area contributed by atoms with Gasteiger partial charge in [0.1, 0.15) is 0 Å². The van der Waals surface area contributed by atoms with Crippen molar-refractivity contribution in [3.63, 3.8) is 0 Å². The van der Waals surface area contributed by atoms with E-state index < -0.39 is 124 Å². The van der Waals surface area contributed by atoms with Gasteiger partial charge in [-0.15, -0.1) is 0 Å². The maximum atomic E-state index is 14.2. The van der Waals surface area contributed by atoms with Crippen LogP contribution in [0.4, 0.5) is 101 Å². The van der Waals surface area contributed by atoms with Crippen LogP contribution in [0.3, 0.4) is 0 Å². The molecule has 0 fully saturated rings. The minimum atomic E-state index is -8.18. The molecule has 0 bridgehead atoms. The van der Waals surface area contributed by atoms with E-state index >= 15 is 0 Å². The Labute approximate surface area is 271 Å². The summed E-state index contributed by atoms with van der Waals surface area (Å²) in [6.45, 7) is -5.73. The van der Waals surface area contributed by atoms with E-state index in [1.807, 2.05) is 0 Å². The van der Waals surface area contributed by atoms with E-state index in [0.717, 1.165) is 0 Å². The number of ether oxygens (including phenoxy) is 2. The maximum absolute atomic E-state index is 14.2. The first-order chi connectivity index (χ1) is 22.4. The molecule has 2 atom stereocenters. The third-order valence-corrected chi connectivity index (χ3v) is 7.43. The van der Waals surface area contributed by atoms with Gasteiger partial charge in [0, 0.05) is 0 Å². The topological polar surface area (TPSA) is 107 Å². The highest BCUT2D eigenvalue weighted by molar-refractivity contribution is 7.87. The lowest BCUT2D eigenvalue weighted by atomic mass is 9.83. The van der Waals surface area contributed by atoms with Gasteiger partial charge in [0.15, 0.2) is 18.5 Å². The number of carbonyl (C=O) groups is 2. The van der Waals surface area contributed by atoms with Gasteiger partial charge in [-0.1, -0.05) is 6.58 Å². The zero-order chi connectivity index (χ0) is 42.5. The molecule has 0 aliphatic heterocycles. The highest BCUT2D eigenvalue weighted by Gasteiger charge is 2.89. The van der Waals surface area contributed by atoms with E-state index in [4.69, 9.17) is 4.55 Å². The van der Waals surface area contributed by atoms with Crippen molar-refractivity contribution in [2.45, 2.75) is 90.4 Å². The molecule has 0 rings (SSSR count). The van der Waals surface area contributed by atoms with E-state index in [9.17, 15) is 119 Å². The summed E-state index contributed by atoms with van der Waals surface area (Å²) >= 11 is 0. The van der Waals surface area contributed by atoms with Crippen molar-refractivity contribution in [1.29, 1.82) is 0 Å². The van der Waals surface area contributed by atoms with Crippen LogP contribution < -0.4 is 0 Å². The number of hydrogen-bond donors (Lipinski definition) is 1. The fourth-order valence-electron chi connectivity index (χ4n) is 3.15. The lowest BCUT2D eigenvalue weighted by Crippen LogP contribution is -2.70. The molecule has 0 aliphatic rings. The Balaban J connectivity index is 6.28. The molecule has 52 heavy (non-hydrogen) atoms. The normalized spacial score (nSPS) is 16.8. The van der Waals surface area contributed by atoms with Gasteiger partial charge in [-0.05, 0) is 12.5 Å². The Morgan fingerprint density at radius 2 is 0.942 bits per heavy atom. The van der Waals surface area contributed by atoms with Crippen LogP contribution in [0, 0.1) is 0 Å². The molecular formula is C21H15F23O7S. The first-order valence-electron chi connectivity index (χ1n) is 12.0. The number of halogens is 23. The van der Waals surface area contributed by atoms with Gasteiger partial charge in [0.2, 0.25) is 0 Å². The quantitative estimate of drug-likeness (QED) is 0.0632. The third kappa shape index (κ3) is 7.78. The number of carbonyl (C=O) groups excluding carboxylic acids is 2. The summed E-state index contributed by atoms with van der Waals surface area (Å²) in [6.07, 6.45) is -14.1. The van der Waals surface area contributed by atoms with Gasteiger partial charge in [-0.2, -0.15) is 87.4 Å². The molecule has 0 saturated heterocycles. The molecule has 0 spiro atoms. The molecule has 0 radical (unpaired) electrons. The second-order valence-electron chi connectivity index (χ2n) is 10.0. The van der Waals surface area contributed by atoms with Crippen molar-refractivity contribution in [3.05, 3.63) is 12.2 Å². The van der Waals surface area contributed by atoms with E-state index in [1.165, 1.54) is 0 Å². The molecular weight excluding hydrogens is 833 g/mol. The highest BCUT2D eigenvalue weighted by atomic mass is 32.2. The smallest absolute Gasteiger partial charge is 0.384 e. The molecule has 1 N–H and O–H groups in total. The Hall–Kier alpha value is -3.02. The first-order valence-corrected chi connectivity index (χ1v) is 13.6. The summed E-state index contributed by atoms with van der Waals surface area (Å²) in [5, 5.41) is -4.06. The highest BCUT2D eigenvalue weighted by Crippen LogP contribution is 2.60. The monoisotopic (exact) mass is 848 g/mol. The lowest BCUT2D eigenvalue weighted by Gasteiger charge is -2.42. The number of allylic oxidation sites excluding steroid dienone is 1. The molecule has 31 heteroatoms. The summed E-state index contributed by atoms with van der Waals surface area (Å²) in [5.74, 6) is -75.4. The maximum Gasteiger partial charge on any atom is 0.384 e. The summed E-state index contributed by atoms with van der Waals surface area (Å²) in [7, 11) is -6.53. The van der Waals surface area contributed by atoms with E-state index in [-0.39, 0.29) is 6.92 Å². The van der Waals surface area contributed by atoms with Crippen LogP contribution in [-0.2, 0) is 29.2 Å². The predicted molar refractivity (Wildman–Crippen MR) is 117 cm³/mol. The lowest BCUT2D eigenvalue weighted by molar-refractivity contribution is -0.414. The first kappa shape index (κ1) is 49.0. The van der Waals surface area contributed by atoms with Crippen molar-refractivity contribution >= 4 is 22.1 Å². The number of hydrogen-bond acceptors (Lipinski definition) is 6. The summed E-state index contributed by atoms with van der Waals surface area (Å²) < 4.78 is 348. The van der Waals surface area contributed by atoms with Crippen LogP contribution in [0.1, 0.15) is 13.3 Å². The number of esters is 2. The van der Waals surface area contributed by atoms with Gasteiger partial charge in [0.25, 0.3) is 22.2 Å². The second kappa shape index (κ2) is 14.3. The fraction of sp³-hybridized carbons (Fsp3) is 0.810. The van der Waals surface area contributed by atoms with E-state index in [0.29, 0.717) is 0 Å². The van der Waals surface area contributed by atoms with Crippen LogP contribution >= 0.6 is 0 Å². The molecule has 0 amide bonds. The molecule has 0 heterocycles. The zero-order valence-electron chi connectivity index (χ0n) is 24.1. The Morgan fingerprint density at radius 3 is 1.25 bits per heavy atom. The van der Waals surface area contributed by atoms with E-state index in [1.54, 1.807) is 0 Å². The molecule has 0 aliphatic carbocycles. The molecule has 0 saturated carbocycles. The molecule has 0 aromatic heterocycles. The van der Waals surface area contributed by atoms with Crippen molar-refractivity contribution in [3.8, 4) is 0 Å². The van der Waals surface area contributed by atoms with Crippen LogP contribution in [0.25, 0.3) is 0 Å². The summed E-state index contributed by atoms with van der Waals surface area (Å²) in [5.41, 5.74) is -8.54.